The Morgan fingerprint density at radius 2 is 2.05 bits per heavy atom. The maximum Gasteiger partial charge on any atom is 0.142 e. The maximum atomic E-state index is 9.98. The molecule has 2 rings (SSSR count). The van der Waals surface area contributed by atoms with Crippen molar-refractivity contribution in [1.29, 1.82) is 0 Å². The summed E-state index contributed by atoms with van der Waals surface area (Å²) >= 11 is 3.43. The summed E-state index contributed by atoms with van der Waals surface area (Å²) in [6.45, 7) is 2.43. The van der Waals surface area contributed by atoms with Gasteiger partial charge in [-0.1, -0.05) is 34.1 Å². The topological polar surface area (TPSA) is 41.5 Å². The van der Waals surface area contributed by atoms with Crippen LogP contribution in [0, 0.1) is 6.92 Å². The Morgan fingerprint density at radius 1 is 1.26 bits per heavy atom. The molecule has 19 heavy (non-hydrogen) atoms. The van der Waals surface area contributed by atoms with Gasteiger partial charge in [0.1, 0.15) is 11.5 Å². The largest absolute Gasteiger partial charge is 0.507 e. The number of aryl methyl sites for hydroxylation is 1. The zero-order valence-corrected chi connectivity index (χ0v) is 12.5. The molecule has 0 aromatic heterocycles. The molecule has 0 aliphatic carbocycles. The molecule has 0 spiro atoms. The average Bonchev–Trinajstić information content (AvgIpc) is 2.40. The normalized spacial score (nSPS) is 10.3. The van der Waals surface area contributed by atoms with Crippen molar-refractivity contribution >= 4 is 21.6 Å². The zero-order valence-electron chi connectivity index (χ0n) is 10.9. The number of anilines is 1. The highest BCUT2D eigenvalue weighted by atomic mass is 79.9. The van der Waals surface area contributed by atoms with E-state index in [0.717, 1.165) is 27.0 Å². The predicted molar refractivity (Wildman–Crippen MR) is 80.9 cm³/mol. The van der Waals surface area contributed by atoms with E-state index in [-0.39, 0.29) is 0 Å². The van der Waals surface area contributed by atoms with Crippen molar-refractivity contribution in [3.8, 4) is 11.5 Å². The van der Waals surface area contributed by atoms with E-state index in [2.05, 4.69) is 21.2 Å². The summed E-state index contributed by atoms with van der Waals surface area (Å²) in [4.78, 5) is 0. The van der Waals surface area contributed by atoms with Crippen LogP contribution in [0.2, 0.25) is 0 Å². The number of nitrogens with one attached hydrogen (secondary N) is 1. The first kappa shape index (κ1) is 13.7. The Morgan fingerprint density at radius 3 is 2.79 bits per heavy atom. The lowest BCUT2D eigenvalue weighted by molar-refractivity contribution is 0.416. The first-order valence-corrected chi connectivity index (χ1v) is 6.76. The maximum absolute atomic E-state index is 9.98. The monoisotopic (exact) mass is 321 g/mol. The minimum absolute atomic E-state index is 0.337. The fourth-order valence-corrected chi connectivity index (χ4v) is 2.23. The number of phenolic OH excluding ortho intramolecular Hbond substituents is 1. The minimum atomic E-state index is 0.337. The van der Waals surface area contributed by atoms with E-state index in [0.29, 0.717) is 12.3 Å². The number of halogens is 1. The molecule has 2 aromatic carbocycles. The highest BCUT2D eigenvalue weighted by Crippen LogP contribution is 2.29. The van der Waals surface area contributed by atoms with E-state index in [1.165, 1.54) is 0 Å². The lowest BCUT2D eigenvalue weighted by Crippen LogP contribution is -2.02. The number of para-hydroxylation sites is 1. The summed E-state index contributed by atoms with van der Waals surface area (Å²) in [7, 11) is 1.64. The van der Waals surface area contributed by atoms with E-state index >= 15 is 0 Å². The second-order valence-electron chi connectivity index (χ2n) is 4.28. The number of rotatable bonds is 4. The molecule has 0 fully saturated rings. The Hall–Kier alpha value is -1.68. The van der Waals surface area contributed by atoms with Crippen molar-refractivity contribution < 1.29 is 9.84 Å². The fourth-order valence-electron chi connectivity index (χ4n) is 1.87. The van der Waals surface area contributed by atoms with E-state index in [1.807, 2.05) is 43.3 Å². The Bertz CT molecular complexity index is 584. The van der Waals surface area contributed by atoms with Crippen molar-refractivity contribution in [2.75, 3.05) is 12.4 Å². The Balaban J connectivity index is 2.18. The predicted octanol–water partition coefficient (Wildman–Crippen LogP) is 4.08. The van der Waals surface area contributed by atoms with Gasteiger partial charge in [0.05, 0.1) is 12.8 Å². The third-order valence-electron chi connectivity index (χ3n) is 2.95. The van der Waals surface area contributed by atoms with Crippen LogP contribution in [0.1, 0.15) is 11.1 Å². The van der Waals surface area contributed by atoms with Gasteiger partial charge in [0, 0.05) is 16.6 Å². The summed E-state index contributed by atoms with van der Waals surface area (Å²) in [5.74, 6) is 1.11. The van der Waals surface area contributed by atoms with Gasteiger partial charge < -0.3 is 15.2 Å². The number of aromatic hydroxyl groups is 1. The lowest BCUT2D eigenvalue weighted by atomic mass is 10.1. The molecule has 3 nitrogen and oxygen atoms in total. The molecular weight excluding hydrogens is 306 g/mol. The van der Waals surface area contributed by atoms with Crippen molar-refractivity contribution in [2.45, 2.75) is 13.5 Å². The Labute approximate surface area is 121 Å². The number of hydrogen-bond donors (Lipinski definition) is 2. The standard InChI is InChI=1S/C15H16BrNO2/c1-10-4-3-5-11(15(10)18)9-17-13-8-12(16)6-7-14(13)19-2/h3-8,17-18H,9H2,1-2H3. The van der Waals surface area contributed by atoms with Gasteiger partial charge in [0.2, 0.25) is 0 Å². The van der Waals surface area contributed by atoms with Crippen LogP contribution in [0.15, 0.2) is 40.9 Å². The third-order valence-corrected chi connectivity index (χ3v) is 3.45. The molecule has 100 valence electrons. The van der Waals surface area contributed by atoms with Crippen LogP contribution < -0.4 is 10.1 Å². The molecule has 0 heterocycles. The lowest BCUT2D eigenvalue weighted by Gasteiger charge is -2.13. The van der Waals surface area contributed by atoms with Gasteiger partial charge in [-0.2, -0.15) is 0 Å². The van der Waals surface area contributed by atoms with Crippen LogP contribution in [0.25, 0.3) is 0 Å². The van der Waals surface area contributed by atoms with Gasteiger partial charge in [0.25, 0.3) is 0 Å². The fraction of sp³-hybridized carbons (Fsp3) is 0.200. The molecule has 0 aliphatic rings. The number of methoxy groups -OCH3 is 1. The van der Waals surface area contributed by atoms with Gasteiger partial charge in [-0.3, -0.25) is 0 Å². The average molecular weight is 322 g/mol. The second-order valence-corrected chi connectivity index (χ2v) is 5.20. The molecule has 0 unspecified atom stereocenters. The number of benzene rings is 2. The third kappa shape index (κ3) is 3.20. The van der Waals surface area contributed by atoms with Gasteiger partial charge >= 0.3 is 0 Å². The zero-order chi connectivity index (χ0) is 13.8. The highest BCUT2D eigenvalue weighted by molar-refractivity contribution is 9.10. The number of ether oxygens (including phenoxy) is 1. The van der Waals surface area contributed by atoms with Gasteiger partial charge in [0.15, 0.2) is 0 Å². The molecule has 0 bridgehead atoms. The molecule has 0 saturated carbocycles. The molecule has 0 radical (unpaired) electrons. The summed E-state index contributed by atoms with van der Waals surface area (Å²) in [5.41, 5.74) is 2.63. The molecule has 0 saturated heterocycles. The highest BCUT2D eigenvalue weighted by Gasteiger charge is 2.06. The first-order valence-electron chi connectivity index (χ1n) is 5.96. The SMILES string of the molecule is COc1ccc(Br)cc1NCc1cccc(C)c1O. The molecule has 0 amide bonds. The van der Waals surface area contributed by atoms with Crippen LogP contribution in [0.4, 0.5) is 5.69 Å². The van der Waals surface area contributed by atoms with Gasteiger partial charge in [-0.25, -0.2) is 0 Å². The molecule has 2 aromatic rings. The quantitative estimate of drug-likeness (QED) is 0.891. The van der Waals surface area contributed by atoms with E-state index in [9.17, 15) is 5.11 Å². The van der Waals surface area contributed by atoms with Crippen LogP contribution >= 0.6 is 15.9 Å². The van der Waals surface area contributed by atoms with E-state index < -0.39 is 0 Å². The smallest absolute Gasteiger partial charge is 0.142 e. The summed E-state index contributed by atoms with van der Waals surface area (Å²) in [5, 5.41) is 13.3. The molecule has 0 atom stereocenters. The van der Waals surface area contributed by atoms with E-state index in [4.69, 9.17) is 4.74 Å². The molecular formula is C15H16BrNO2. The second kappa shape index (κ2) is 5.97. The summed E-state index contributed by atoms with van der Waals surface area (Å²) in [6, 6.07) is 11.5. The van der Waals surface area contributed by atoms with Gasteiger partial charge in [-0.05, 0) is 30.7 Å². The summed E-state index contributed by atoms with van der Waals surface area (Å²) < 4.78 is 6.27. The van der Waals surface area contributed by atoms with Crippen molar-refractivity contribution in [1.82, 2.24) is 0 Å². The van der Waals surface area contributed by atoms with Crippen molar-refractivity contribution in [3.05, 3.63) is 52.0 Å². The number of phenols is 1. The van der Waals surface area contributed by atoms with Crippen LogP contribution in [-0.4, -0.2) is 12.2 Å². The first-order chi connectivity index (χ1) is 9.11. The molecule has 2 N–H and O–H groups in total. The molecule has 4 heteroatoms. The van der Waals surface area contributed by atoms with Crippen LogP contribution in [0.5, 0.6) is 11.5 Å². The Kier molecular flexibility index (Phi) is 4.32. The summed E-state index contributed by atoms with van der Waals surface area (Å²) in [6.07, 6.45) is 0. The van der Waals surface area contributed by atoms with Gasteiger partial charge in [-0.15, -0.1) is 0 Å². The van der Waals surface area contributed by atoms with Crippen LogP contribution in [-0.2, 0) is 6.54 Å². The van der Waals surface area contributed by atoms with Crippen molar-refractivity contribution in [3.63, 3.8) is 0 Å². The minimum Gasteiger partial charge on any atom is -0.507 e. The molecule has 0 aliphatic heterocycles. The van der Waals surface area contributed by atoms with E-state index in [1.54, 1.807) is 7.11 Å². The van der Waals surface area contributed by atoms with Crippen molar-refractivity contribution in [2.24, 2.45) is 0 Å². The van der Waals surface area contributed by atoms with Crippen LogP contribution in [0.3, 0.4) is 0 Å². The number of hydrogen-bond acceptors (Lipinski definition) is 3.